The quantitative estimate of drug-likeness (QED) is 0.827. The topological polar surface area (TPSA) is 40.5 Å². The van der Waals surface area contributed by atoms with Crippen molar-refractivity contribution in [2.24, 2.45) is 0 Å². The van der Waals surface area contributed by atoms with Crippen LogP contribution >= 0.6 is 0 Å². The van der Waals surface area contributed by atoms with E-state index in [2.05, 4.69) is 0 Å². The molecule has 0 heterocycles. The zero-order valence-electron chi connectivity index (χ0n) is 8.83. The smallest absolute Gasteiger partial charge is 0.303 e. The summed E-state index contributed by atoms with van der Waals surface area (Å²) in [5.74, 6) is -1.19. The average Bonchev–Trinajstić information content (AvgIpc) is 2.13. The Hall–Kier alpha value is -1.58. The summed E-state index contributed by atoms with van der Waals surface area (Å²) in [4.78, 5) is 12.1. The van der Waals surface area contributed by atoms with E-state index in [1.165, 1.54) is 6.07 Å². The van der Waals surface area contributed by atoms with Crippen molar-refractivity contribution >= 4 is 11.7 Å². The van der Waals surface area contributed by atoms with Gasteiger partial charge in [-0.05, 0) is 18.1 Å². The molecule has 0 bridgehead atoms. The summed E-state index contributed by atoms with van der Waals surface area (Å²) in [5.41, 5.74) is 1.20. The first-order chi connectivity index (χ1) is 7.02. The van der Waals surface area contributed by atoms with Crippen LogP contribution in [-0.2, 0) is 11.2 Å². The lowest BCUT2D eigenvalue weighted by Gasteiger charge is -2.17. The van der Waals surface area contributed by atoms with E-state index in [9.17, 15) is 9.18 Å². The number of hydrogen-bond donors (Lipinski definition) is 1. The highest BCUT2D eigenvalue weighted by Gasteiger charge is 2.10. The molecule has 0 aromatic heterocycles. The number of nitrogens with zero attached hydrogens (tertiary/aromatic N) is 1. The van der Waals surface area contributed by atoms with Crippen molar-refractivity contribution in [3.63, 3.8) is 0 Å². The molecule has 4 heteroatoms. The Kier molecular flexibility index (Phi) is 3.66. The minimum absolute atomic E-state index is 0.0181. The van der Waals surface area contributed by atoms with E-state index in [0.717, 1.165) is 5.56 Å². The third-order valence-electron chi connectivity index (χ3n) is 2.13. The molecule has 0 saturated heterocycles. The molecule has 1 aromatic carbocycles. The second-order valence-electron chi connectivity index (χ2n) is 3.54. The maximum atomic E-state index is 13.4. The lowest BCUT2D eigenvalue weighted by atomic mass is 10.1. The Morgan fingerprint density at radius 3 is 2.67 bits per heavy atom. The molecule has 82 valence electrons. The van der Waals surface area contributed by atoms with Crippen molar-refractivity contribution in [2.45, 2.75) is 12.8 Å². The Balaban J connectivity index is 2.95. The number of halogens is 1. The summed E-state index contributed by atoms with van der Waals surface area (Å²) >= 11 is 0. The van der Waals surface area contributed by atoms with Gasteiger partial charge in [-0.3, -0.25) is 4.79 Å². The molecule has 0 atom stereocenters. The number of carboxylic acids is 1. The van der Waals surface area contributed by atoms with Gasteiger partial charge in [0.15, 0.2) is 0 Å². The molecule has 0 aliphatic rings. The van der Waals surface area contributed by atoms with E-state index in [1.807, 2.05) is 0 Å². The standard InChI is InChI=1S/C11H14FNO2/c1-13(2)11-8(6-7-10(14)15)4-3-5-9(11)12/h3-5H,6-7H2,1-2H3,(H,14,15). The SMILES string of the molecule is CN(C)c1c(F)cccc1CCC(=O)O. The molecule has 0 amide bonds. The van der Waals surface area contributed by atoms with Crippen LogP contribution in [0.4, 0.5) is 10.1 Å². The molecule has 1 rings (SSSR count). The predicted octanol–water partition coefficient (Wildman–Crippen LogP) is 1.91. The first kappa shape index (κ1) is 11.5. The van der Waals surface area contributed by atoms with Crippen LogP contribution in [0.5, 0.6) is 0 Å². The monoisotopic (exact) mass is 211 g/mol. The van der Waals surface area contributed by atoms with Crippen LogP contribution in [0.1, 0.15) is 12.0 Å². The number of anilines is 1. The molecule has 0 fully saturated rings. The number of rotatable bonds is 4. The highest BCUT2D eigenvalue weighted by molar-refractivity contribution is 5.68. The van der Waals surface area contributed by atoms with Gasteiger partial charge in [0, 0.05) is 20.5 Å². The maximum absolute atomic E-state index is 13.4. The number of carbonyl (C=O) groups is 1. The second-order valence-corrected chi connectivity index (χ2v) is 3.54. The number of aryl methyl sites for hydroxylation is 1. The van der Waals surface area contributed by atoms with E-state index in [-0.39, 0.29) is 12.2 Å². The van der Waals surface area contributed by atoms with Gasteiger partial charge < -0.3 is 10.0 Å². The Morgan fingerprint density at radius 2 is 2.13 bits per heavy atom. The van der Waals surface area contributed by atoms with Crippen LogP contribution in [0.15, 0.2) is 18.2 Å². The van der Waals surface area contributed by atoms with Crippen molar-refractivity contribution in [3.05, 3.63) is 29.6 Å². The van der Waals surface area contributed by atoms with E-state index < -0.39 is 5.97 Å². The second kappa shape index (κ2) is 4.77. The zero-order chi connectivity index (χ0) is 11.4. The van der Waals surface area contributed by atoms with Crippen LogP contribution in [0.3, 0.4) is 0 Å². The first-order valence-electron chi connectivity index (χ1n) is 4.69. The van der Waals surface area contributed by atoms with Crippen LogP contribution < -0.4 is 4.90 Å². The number of benzene rings is 1. The van der Waals surface area contributed by atoms with Gasteiger partial charge in [-0.25, -0.2) is 4.39 Å². The number of aliphatic carboxylic acids is 1. The highest BCUT2D eigenvalue weighted by atomic mass is 19.1. The molecule has 1 N–H and O–H groups in total. The maximum Gasteiger partial charge on any atom is 0.303 e. The third-order valence-corrected chi connectivity index (χ3v) is 2.13. The largest absolute Gasteiger partial charge is 0.481 e. The van der Waals surface area contributed by atoms with Gasteiger partial charge in [-0.2, -0.15) is 0 Å². The average molecular weight is 211 g/mol. The molecule has 0 spiro atoms. The molecule has 0 aliphatic carbocycles. The highest BCUT2D eigenvalue weighted by Crippen LogP contribution is 2.23. The van der Waals surface area contributed by atoms with Gasteiger partial charge in [-0.15, -0.1) is 0 Å². The molecule has 0 radical (unpaired) electrons. The number of hydrogen-bond acceptors (Lipinski definition) is 2. The minimum atomic E-state index is -0.871. The Morgan fingerprint density at radius 1 is 1.47 bits per heavy atom. The molecular formula is C11H14FNO2. The van der Waals surface area contributed by atoms with Crippen LogP contribution in [0.2, 0.25) is 0 Å². The van der Waals surface area contributed by atoms with Gasteiger partial charge in [0.05, 0.1) is 5.69 Å². The van der Waals surface area contributed by atoms with E-state index >= 15 is 0 Å². The lowest BCUT2D eigenvalue weighted by Crippen LogP contribution is -2.14. The van der Waals surface area contributed by atoms with Crippen LogP contribution in [0, 0.1) is 5.82 Å². The molecule has 0 saturated carbocycles. The predicted molar refractivity (Wildman–Crippen MR) is 56.7 cm³/mol. The Labute approximate surface area is 88.1 Å². The molecule has 3 nitrogen and oxygen atoms in total. The van der Waals surface area contributed by atoms with Crippen molar-refractivity contribution in [3.8, 4) is 0 Å². The molecule has 0 aliphatic heterocycles. The van der Waals surface area contributed by atoms with Crippen molar-refractivity contribution < 1.29 is 14.3 Å². The number of carboxylic acid groups (broad SMARTS) is 1. The molecular weight excluding hydrogens is 197 g/mol. The van der Waals surface area contributed by atoms with Crippen molar-refractivity contribution in [1.29, 1.82) is 0 Å². The fourth-order valence-electron chi connectivity index (χ4n) is 1.50. The Bertz CT molecular complexity index is 364. The van der Waals surface area contributed by atoms with Crippen LogP contribution in [0.25, 0.3) is 0 Å². The summed E-state index contributed by atoms with van der Waals surface area (Å²) in [6, 6.07) is 4.72. The van der Waals surface area contributed by atoms with Crippen molar-refractivity contribution in [1.82, 2.24) is 0 Å². The fraction of sp³-hybridized carbons (Fsp3) is 0.364. The normalized spacial score (nSPS) is 10.1. The lowest BCUT2D eigenvalue weighted by molar-refractivity contribution is -0.136. The van der Waals surface area contributed by atoms with Gasteiger partial charge >= 0.3 is 5.97 Å². The van der Waals surface area contributed by atoms with Gasteiger partial charge in [-0.1, -0.05) is 12.1 Å². The summed E-state index contributed by atoms with van der Waals surface area (Å²) in [6.07, 6.45) is 0.366. The summed E-state index contributed by atoms with van der Waals surface area (Å²) < 4.78 is 13.4. The minimum Gasteiger partial charge on any atom is -0.481 e. The van der Waals surface area contributed by atoms with E-state index in [1.54, 1.807) is 31.1 Å². The summed E-state index contributed by atoms with van der Waals surface area (Å²) in [6.45, 7) is 0. The first-order valence-corrected chi connectivity index (χ1v) is 4.69. The summed E-state index contributed by atoms with van der Waals surface area (Å²) in [7, 11) is 3.48. The zero-order valence-corrected chi connectivity index (χ0v) is 8.83. The number of para-hydroxylation sites is 1. The molecule has 15 heavy (non-hydrogen) atoms. The third kappa shape index (κ3) is 2.94. The van der Waals surface area contributed by atoms with E-state index in [4.69, 9.17) is 5.11 Å². The van der Waals surface area contributed by atoms with Crippen molar-refractivity contribution in [2.75, 3.05) is 19.0 Å². The van der Waals surface area contributed by atoms with E-state index in [0.29, 0.717) is 12.1 Å². The van der Waals surface area contributed by atoms with Crippen LogP contribution in [-0.4, -0.2) is 25.2 Å². The van der Waals surface area contributed by atoms with Gasteiger partial charge in [0.25, 0.3) is 0 Å². The molecule has 1 aromatic rings. The fourth-order valence-corrected chi connectivity index (χ4v) is 1.50. The van der Waals surface area contributed by atoms with Gasteiger partial charge in [0.1, 0.15) is 5.82 Å². The molecule has 0 unspecified atom stereocenters. The summed E-state index contributed by atoms with van der Waals surface area (Å²) in [5, 5.41) is 8.57. The van der Waals surface area contributed by atoms with Gasteiger partial charge in [0.2, 0.25) is 0 Å².